The molecule has 0 radical (unpaired) electrons. The minimum Gasteiger partial charge on any atom is -0.490 e. The highest BCUT2D eigenvalue weighted by atomic mass is 35.5. The average molecular weight is 503 g/mol. The van der Waals surface area contributed by atoms with Crippen molar-refractivity contribution in [2.45, 2.75) is 23.8 Å². The average Bonchev–Trinajstić information content (AvgIpc) is 2.81. The Hall–Kier alpha value is -3.30. The number of likely N-dealkylation sites (tertiary alicyclic amines) is 1. The Labute approximate surface area is 202 Å². The van der Waals surface area contributed by atoms with E-state index in [9.17, 15) is 18.0 Å². The molecule has 1 aliphatic heterocycles. The van der Waals surface area contributed by atoms with Gasteiger partial charge in [0.05, 0.1) is 4.90 Å². The molecular weight excluding hydrogens is 480 g/mol. The van der Waals surface area contributed by atoms with E-state index in [4.69, 9.17) is 21.1 Å². The fourth-order valence-corrected chi connectivity index (χ4v) is 4.37. The predicted molar refractivity (Wildman–Crippen MR) is 128 cm³/mol. The van der Waals surface area contributed by atoms with E-state index in [1.54, 1.807) is 53.6 Å². The molecular formula is C24H23ClN2O6S. The molecule has 0 unspecified atom stereocenters. The van der Waals surface area contributed by atoms with Gasteiger partial charge in [0, 0.05) is 55.2 Å². The van der Waals surface area contributed by atoms with Crippen LogP contribution in [0.2, 0.25) is 5.02 Å². The zero-order valence-electron chi connectivity index (χ0n) is 18.4. The third-order valence-corrected chi connectivity index (χ3v) is 6.84. The molecule has 178 valence electrons. The maximum absolute atomic E-state index is 12.6. The van der Waals surface area contributed by atoms with E-state index in [2.05, 4.69) is 0 Å². The van der Waals surface area contributed by atoms with E-state index < -0.39 is 15.9 Å². The summed E-state index contributed by atoms with van der Waals surface area (Å²) < 4.78 is 36.0. The van der Waals surface area contributed by atoms with Crippen LogP contribution in [-0.4, -0.2) is 49.4 Å². The number of aromatic nitrogens is 1. The number of carbonyl (C=O) groups is 1. The Balaban J connectivity index is 1.33. The van der Waals surface area contributed by atoms with E-state index in [0.29, 0.717) is 48.1 Å². The van der Waals surface area contributed by atoms with Crippen LogP contribution < -0.4 is 15.0 Å². The number of piperidine rings is 1. The van der Waals surface area contributed by atoms with Crippen molar-refractivity contribution in [2.24, 2.45) is 0 Å². The van der Waals surface area contributed by atoms with Crippen molar-refractivity contribution in [3.8, 4) is 17.2 Å². The summed E-state index contributed by atoms with van der Waals surface area (Å²) in [6.07, 6.45) is 3.37. The molecule has 4 rings (SSSR count). The summed E-state index contributed by atoms with van der Waals surface area (Å²) in [5, 5.41) is 0.565. The Kier molecular flexibility index (Phi) is 6.95. The molecule has 0 spiro atoms. The first kappa shape index (κ1) is 23.8. The summed E-state index contributed by atoms with van der Waals surface area (Å²) >= 11 is 5.84. The molecule has 10 heteroatoms. The smallest absolute Gasteiger partial charge is 0.415 e. The van der Waals surface area contributed by atoms with Gasteiger partial charge in [-0.3, -0.25) is 9.36 Å². The minimum atomic E-state index is -3.31. The van der Waals surface area contributed by atoms with E-state index in [-0.39, 0.29) is 16.6 Å². The maximum Gasteiger partial charge on any atom is 0.415 e. The predicted octanol–water partition coefficient (Wildman–Crippen LogP) is 3.94. The van der Waals surface area contributed by atoms with Gasteiger partial charge in [0.15, 0.2) is 9.84 Å². The molecule has 2 heterocycles. The highest BCUT2D eigenvalue weighted by Crippen LogP contribution is 2.21. The number of rotatable bonds is 5. The summed E-state index contributed by atoms with van der Waals surface area (Å²) in [6, 6.07) is 15.8. The van der Waals surface area contributed by atoms with Crippen molar-refractivity contribution in [2.75, 3.05) is 19.3 Å². The third-order valence-electron chi connectivity index (χ3n) is 5.46. The van der Waals surface area contributed by atoms with Crippen molar-refractivity contribution in [1.29, 1.82) is 0 Å². The number of benzene rings is 2. The molecule has 1 aromatic heterocycles. The standard InChI is InChI=1S/C24H23ClN2O6S/c1-34(30,31)22-8-4-18(5-9-22)27-15-12-21(16-23(27)28)32-20-10-13-26(14-11-20)24(29)33-19-6-2-17(25)3-7-19/h2-9,12,15-16,20H,10-11,13-14H2,1H3. The van der Waals surface area contributed by atoms with E-state index in [1.165, 1.54) is 22.8 Å². The Bertz CT molecular complexity index is 1330. The lowest BCUT2D eigenvalue weighted by Crippen LogP contribution is -2.43. The number of halogens is 1. The van der Waals surface area contributed by atoms with Crippen LogP contribution in [0.1, 0.15) is 12.8 Å². The van der Waals surface area contributed by atoms with Crippen molar-refractivity contribution in [3.63, 3.8) is 0 Å². The van der Waals surface area contributed by atoms with Crippen molar-refractivity contribution in [1.82, 2.24) is 9.47 Å². The Morgan fingerprint density at radius 3 is 2.21 bits per heavy atom. The van der Waals surface area contributed by atoms with Crippen molar-refractivity contribution in [3.05, 3.63) is 82.2 Å². The molecule has 0 saturated carbocycles. The van der Waals surface area contributed by atoms with Crippen LogP contribution in [-0.2, 0) is 9.84 Å². The van der Waals surface area contributed by atoms with Crippen molar-refractivity contribution < 1.29 is 22.7 Å². The van der Waals surface area contributed by atoms with Crippen LogP contribution in [0.25, 0.3) is 5.69 Å². The highest BCUT2D eigenvalue weighted by Gasteiger charge is 2.25. The van der Waals surface area contributed by atoms with Gasteiger partial charge in [0.1, 0.15) is 17.6 Å². The van der Waals surface area contributed by atoms with Crippen LogP contribution in [0, 0.1) is 0 Å². The normalized spacial score (nSPS) is 14.6. The summed E-state index contributed by atoms with van der Waals surface area (Å²) in [5.74, 6) is 0.871. The fourth-order valence-electron chi connectivity index (χ4n) is 3.62. The number of amides is 1. The lowest BCUT2D eigenvalue weighted by Gasteiger charge is -2.31. The fraction of sp³-hybridized carbons (Fsp3) is 0.250. The summed E-state index contributed by atoms with van der Waals surface area (Å²) in [4.78, 5) is 26.8. The first-order valence-electron chi connectivity index (χ1n) is 10.6. The monoisotopic (exact) mass is 502 g/mol. The van der Waals surface area contributed by atoms with Gasteiger partial charge in [-0.2, -0.15) is 0 Å². The Morgan fingerprint density at radius 2 is 1.62 bits per heavy atom. The quantitative estimate of drug-likeness (QED) is 0.524. The number of hydrogen-bond acceptors (Lipinski definition) is 6. The zero-order valence-corrected chi connectivity index (χ0v) is 20.0. The summed E-state index contributed by atoms with van der Waals surface area (Å²) in [7, 11) is -3.31. The topological polar surface area (TPSA) is 94.9 Å². The van der Waals surface area contributed by atoms with Gasteiger partial charge in [0.2, 0.25) is 0 Å². The second-order valence-electron chi connectivity index (χ2n) is 7.96. The molecule has 0 bridgehead atoms. The molecule has 34 heavy (non-hydrogen) atoms. The maximum atomic E-state index is 12.6. The Morgan fingerprint density at radius 1 is 0.971 bits per heavy atom. The van der Waals surface area contributed by atoms with Crippen LogP contribution >= 0.6 is 11.6 Å². The summed E-state index contributed by atoms with van der Waals surface area (Å²) in [5.41, 5.74) is 0.255. The number of pyridine rings is 1. The van der Waals surface area contributed by atoms with Crippen LogP contribution in [0.3, 0.4) is 0 Å². The van der Waals surface area contributed by atoms with Crippen molar-refractivity contribution >= 4 is 27.5 Å². The van der Waals surface area contributed by atoms with Crippen LogP contribution in [0.5, 0.6) is 11.5 Å². The molecule has 0 atom stereocenters. The molecule has 1 amide bonds. The van der Waals surface area contributed by atoms with E-state index >= 15 is 0 Å². The highest BCUT2D eigenvalue weighted by molar-refractivity contribution is 7.90. The molecule has 0 aliphatic carbocycles. The molecule has 1 aliphatic rings. The van der Waals surface area contributed by atoms with Gasteiger partial charge >= 0.3 is 6.09 Å². The molecule has 1 fully saturated rings. The lowest BCUT2D eigenvalue weighted by molar-refractivity contribution is 0.0929. The molecule has 0 N–H and O–H groups in total. The zero-order chi connectivity index (χ0) is 24.3. The SMILES string of the molecule is CS(=O)(=O)c1ccc(-n2ccc(OC3CCN(C(=O)Oc4ccc(Cl)cc4)CC3)cc2=O)cc1. The molecule has 3 aromatic rings. The second kappa shape index (κ2) is 9.90. The number of hydrogen-bond donors (Lipinski definition) is 0. The third kappa shape index (κ3) is 5.78. The molecule has 1 saturated heterocycles. The van der Waals surface area contributed by atoms with Gasteiger partial charge in [-0.1, -0.05) is 11.6 Å². The first-order valence-corrected chi connectivity index (χ1v) is 12.9. The second-order valence-corrected chi connectivity index (χ2v) is 10.4. The first-order chi connectivity index (χ1) is 16.2. The van der Waals surface area contributed by atoms with Crippen LogP contribution in [0.15, 0.2) is 76.6 Å². The number of ether oxygens (including phenoxy) is 2. The number of nitrogens with zero attached hydrogens (tertiary/aromatic N) is 2. The van der Waals surface area contributed by atoms with Gasteiger partial charge < -0.3 is 14.4 Å². The largest absolute Gasteiger partial charge is 0.490 e. The van der Waals surface area contributed by atoms with E-state index in [1.807, 2.05) is 0 Å². The van der Waals surface area contributed by atoms with E-state index in [0.717, 1.165) is 6.26 Å². The minimum absolute atomic E-state index is 0.135. The summed E-state index contributed by atoms with van der Waals surface area (Å²) in [6.45, 7) is 0.946. The lowest BCUT2D eigenvalue weighted by atomic mass is 10.1. The van der Waals surface area contributed by atoms with Crippen LogP contribution in [0.4, 0.5) is 4.79 Å². The van der Waals surface area contributed by atoms with Gasteiger partial charge in [-0.05, 0) is 54.6 Å². The molecule has 2 aromatic carbocycles. The van der Waals surface area contributed by atoms with Gasteiger partial charge in [-0.25, -0.2) is 13.2 Å². The van der Waals surface area contributed by atoms with Gasteiger partial charge in [-0.15, -0.1) is 0 Å². The molecule has 8 nitrogen and oxygen atoms in total. The number of carbonyl (C=O) groups excluding carboxylic acids is 1. The van der Waals surface area contributed by atoms with Gasteiger partial charge in [0.25, 0.3) is 5.56 Å². The number of sulfone groups is 1.